The van der Waals surface area contributed by atoms with E-state index in [0.717, 1.165) is 32.6 Å². The largest absolute Gasteiger partial charge is 0.454 e. The van der Waals surface area contributed by atoms with E-state index < -0.39 is 6.61 Å². The van der Waals surface area contributed by atoms with Crippen molar-refractivity contribution in [2.75, 3.05) is 39.5 Å². The second-order valence-electron chi connectivity index (χ2n) is 7.68. The van der Waals surface area contributed by atoms with Gasteiger partial charge in [0.15, 0.2) is 17.5 Å². The van der Waals surface area contributed by atoms with Gasteiger partial charge < -0.3 is 29.6 Å². The van der Waals surface area contributed by atoms with Crippen LogP contribution in [-0.4, -0.2) is 69.2 Å². The van der Waals surface area contributed by atoms with E-state index in [9.17, 15) is 8.78 Å². The molecule has 1 saturated heterocycles. The first-order valence-corrected chi connectivity index (χ1v) is 10.7. The van der Waals surface area contributed by atoms with Crippen molar-refractivity contribution in [3.05, 3.63) is 17.7 Å². The van der Waals surface area contributed by atoms with Gasteiger partial charge in [-0.15, -0.1) is 0 Å². The number of rotatable bonds is 9. The van der Waals surface area contributed by atoms with Crippen LogP contribution in [0, 0.1) is 0 Å². The second-order valence-corrected chi connectivity index (χ2v) is 7.68. The molecular formula is C21H32F2N4O4. The van der Waals surface area contributed by atoms with E-state index in [1.807, 2.05) is 6.92 Å². The number of halogens is 2. The Bertz CT molecular complexity index is 740. The smallest absolute Gasteiger partial charge is 0.387 e. The lowest BCUT2D eigenvalue weighted by Crippen LogP contribution is -2.46. The van der Waals surface area contributed by atoms with Crippen molar-refractivity contribution in [2.24, 2.45) is 4.99 Å². The van der Waals surface area contributed by atoms with Crippen molar-refractivity contribution in [1.29, 1.82) is 0 Å². The highest BCUT2D eigenvalue weighted by molar-refractivity contribution is 5.79. The van der Waals surface area contributed by atoms with Crippen molar-refractivity contribution in [3.8, 4) is 17.2 Å². The SMILES string of the molecule is CCNC(=NCc1cc2c(cc1OC(F)F)OCO2)NCCCN1CC(C)OC(C)C1. The molecule has 1 fully saturated rings. The molecule has 8 nitrogen and oxygen atoms in total. The van der Waals surface area contributed by atoms with Gasteiger partial charge in [-0.25, -0.2) is 4.99 Å². The summed E-state index contributed by atoms with van der Waals surface area (Å²) in [6.07, 6.45) is 1.46. The fraction of sp³-hybridized carbons (Fsp3) is 0.667. The first kappa shape index (κ1) is 23.3. The summed E-state index contributed by atoms with van der Waals surface area (Å²) in [5.41, 5.74) is 0.498. The van der Waals surface area contributed by atoms with Gasteiger partial charge in [-0.05, 0) is 33.3 Å². The van der Waals surface area contributed by atoms with E-state index in [4.69, 9.17) is 14.2 Å². The van der Waals surface area contributed by atoms with E-state index in [2.05, 4.69) is 39.1 Å². The number of ether oxygens (including phenoxy) is 4. The Labute approximate surface area is 181 Å². The van der Waals surface area contributed by atoms with Crippen molar-refractivity contribution >= 4 is 5.96 Å². The number of hydrogen-bond acceptors (Lipinski definition) is 6. The predicted molar refractivity (Wildman–Crippen MR) is 113 cm³/mol. The molecule has 31 heavy (non-hydrogen) atoms. The molecule has 0 spiro atoms. The summed E-state index contributed by atoms with van der Waals surface area (Å²) in [5, 5.41) is 6.48. The average Bonchev–Trinajstić information content (AvgIpc) is 3.15. The van der Waals surface area contributed by atoms with Crippen LogP contribution in [-0.2, 0) is 11.3 Å². The maximum absolute atomic E-state index is 12.8. The molecule has 2 N–H and O–H groups in total. The van der Waals surface area contributed by atoms with Crippen LogP contribution in [0.15, 0.2) is 17.1 Å². The summed E-state index contributed by atoms with van der Waals surface area (Å²) in [6, 6.07) is 3.05. The van der Waals surface area contributed by atoms with Crippen LogP contribution < -0.4 is 24.8 Å². The van der Waals surface area contributed by atoms with Gasteiger partial charge in [0, 0.05) is 44.4 Å². The molecule has 2 aliphatic heterocycles. The zero-order chi connectivity index (χ0) is 22.2. The zero-order valence-corrected chi connectivity index (χ0v) is 18.3. The minimum Gasteiger partial charge on any atom is -0.454 e. The quantitative estimate of drug-likeness (QED) is 0.346. The maximum Gasteiger partial charge on any atom is 0.387 e. The Hall–Kier alpha value is -2.33. The third kappa shape index (κ3) is 7.10. The summed E-state index contributed by atoms with van der Waals surface area (Å²) in [5.74, 6) is 1.54. The Kier molecular flexibility index (Phi) is 8.53. The van der Waals surface area contributed by atoms with Gasteiger partial charge in [-0.3, -0.25) is 4.90 Å². The van der Waals surface area contributed by atoms with Crippen LogP contribution in [0.3, 0.4) is 0 Å². The Morgan fingerprint density at radius 2 is 1.90 bits per heavy atom. The average molecular weight is 443 g/mol. The highest BCUT2D eigenvalue weighted by atomic mass is 19.3. The first-order chi connectivity index (χ1) is 14.9. The molecule has 0 aliphatic carbocycles. The van der Waals surface area contributed by atoms with Crippen molar-refractivity contribution in [1.82, 2.24) is 15.5 Å². The van der Waals surface area contributed by atoms with Gasteiger partial charge in [0.1, 0.15) is 5.75 Å². The molecule has 0 saturated carbocycles. The molecule has 0 bridgehead atoms. The maximum atomic E-state index is 12.8. The van der Waals surface area contributed by atoms with Crippen LogP contribution >= 0.6 is 0 Å². The van der Waals surface area contributed by atoms with E-state index >= 15 is 0 Å². The predicted octanol–water partition coefficient (Wildman–Crippen LogP) is 2.57. The molecule has 0 aromatic heterocycles. The van der Waals surface area contributed by atoms with E-state index in [1.165, 1.54) is 6.07 Å². The fourth-order valence-electron chi connectivity index (χ4n) is 3.78. The molecule has 2 heterocycles. The number of guanidine groups is 1. The molecule has 2 aliphatic rings. The molecule has 10 heteroatoms. The molecule has 2 atom stereocenters. The lowest BCUT2D eigenvalue weighted by Gasteiger charge is -2.35. The van der Waals surface area contributed by atoms with Crippen LogP contribution in [0.1, 0.15) is 32.8 Å². The fourth-order valence-corrected chi connectivity index (χ4v) is 3.78. The minimum atomic E-state index is -2.93. The van der Waals surface area contributed by atoms with Gasteiger partial charge in [0.2, 0.25) is 6.79 Å². The van der Waals surface area contributed by atoms with Crippen molar-refractivity contribution in [3.63, 3.8) is 0 Å². The lowest BCUT2D eigenvalue weighted by atomic mass is 10.1. The number of hydrogen-bond donors (Lipinski definition) is 2. The van der Waals surface area contributed by atoms with Crippen LogP contribution in [0.25, 0.3) is 0 Å². The molecule has 1 aromatic carbocycles. The number of nitrogens with one attached hydrogen (secondary N) is 2. The summed E-state index contributed by atoms with van der Waals surface area (Å²) in [6.45, 7) is 7.73. The van der Waals surface area contributed by atoms with Crippen molar-refractivity contribution < 1.29 is 27.7 Å². The summed E-state index contributed by atoms with van der Waals surface area (Å²) in [4.78, 5) is 6.93. The third-order valence-electron chi connectivity index (χ3n) is 4.96. The molecule has 3 rings (SSSR count). The molecule has 1 aromatic rings. The van der Waals surface area contributed by atoms with Gasteiger partial charge in [-0.2, -0.15) is 8.78 Å². The Morgan fingerprint density at radius 3 is 2.58 bits per heavy atom. The standard InChI is InChI=1S/C21H32F2N4O4/c1-4-24-21(25-6-5-7-27-11-14(2)30-15(3)12-27)26-10-16-8-18-19(29-13-28-18)9-17(16)31-20(22)23/h8-9,14-15,20H,4-7,10-13H2,1-3H3,(H2,24,25,26). The summed E-state index contributed by atoms with van der Waals surface area (Å²) < 4.78 is 46.6. The summed E-state index contributed by atoms with van der Waals surface area (Å²) in [7, 11) is 0. The van der Waals surface area contributed by atoms with Crippen molar-refractivity contribution in [2.45, 2.75) is 52.6 Å². The molecule has 174 valence electrons. The second kappa shape index (κ2) is 11.3. The topological polar surface area (TPSA) is 76.6 Å². The van der Waals surface area contributed by atoms with Gasteiger partial charge >= 0.3 is 6.61 Å². The highest BCUT2D eigenvalue weighted by Gasteiger charge is 2.22. The van der Waals surface area contributed by atoms with Gasteiger partial charge in [-0.1, -0.05) is 0 Å². The number of alkyl halides is 2. The monoisotopic (exact) mass is 442 g/mol. The molecule has 2 unspecified atom stereocenters. The first-order valence-electron chi connectivity index (χ1n) is 10.7. The van der Waals surface area contributed by atoms with E-state index in [-0.39, 0.29) is 31.3 Å². The number of morpholine rings is 1. The van der Waals surface area contributed by atoms with Crippen LogP contribution in [0.2, 0.25) is 0 Å². The van der Waals surface area contributed by atoms with E-state index in [1.54, 1.807) is 6.07 Å². The Morgan fingerprint density at radius 1 is 1.19 bits per heavy atom. The zero-order valence-electron chi connectivity index (χ0n) is 18.3. The highest BCUT2D eigenvalue weighted by Crippen LogP contribution is 2.39. The van der Waals surface area contributed by atoms with Crippen LogP contribution in [0.4, 0.5) is 8.78 Å². The molecule has 0 amide bonds. The van der Waals surface area contributed by atoms with Gasteiger partial charge in [0.05, 0.1) is 18.8 Å². The van der Waals surface area contributed by atoms with E-state index in [0.29, 0.717) is 29.6 Å². The molecule has 0 radical (unpaired) electrons. The lowest BCUT2D eigenvalue weighted by molar-refractivity contribution is -0.0679. The van der Waals surface area contributed by atoms with Gasteiger partial charge in [0.25, 0.3) is 0 Å². The number of benzene rings is 1. The normalized spacial score (nSPS) is 21.4. The summed E-state index contributed by atoms with van der Waals surface area (Å²) >= 11 is 0. The minimum absolute atomic E-state index is 0.0365. The third-order valence-corrected chi connectivity index (χ3v) is 4.96. The number of fused-ring (bicyclic) bond motifs is 1. The molecular weight excluding hydrogens is 410 g/mol. The van der Waals surface area contributed by atoms with Crippen LogP contribution in [0.5, 0.6) is 17.2 Å². The number of aliphatic imine (C=N–C) groups is 1. The number of nitrogens with zero attached hydrogens (tertiary/aromatic N) is 2. The Balaban J connectivity index is 1.55.